The van der Waals surface area contributed by atoms with Crippen molar-refractivity contribution < 1.29 is 16.0 Å². The summed E-state index contributed by atoms with van der Waals surface area (Å²) in [7, 11) is 0. The number of anilines is 4. The second-order valence-electron chi connectivity index (χ2n) is 24.7. The molecule has 0 spiro atoms. The number of nitrogens with zero attached hydrogens (tertiary/aromatic N) is 4. The summed E-state index contributed by atoms with van der Waals surface area (Å²) in [5, 5.41) is 4.15. The number of rotatable bonds is 7. The molecule has 1 aliphatic heterocycles. The van der Waals surface area contributed by atoms with Crippen molar-refractivity contribution in [2.75, 3.05) is 16.5 Å². The van der Waals surface area contributed by atoms with Crippen molar-refractivity contribution in [2.45, 2.75) is 105 Å². The van der Waals surface area contributed by atoms with Gasteiger partial charge in [-0.1, -0.05) is 168 Å². The van der Waals surface area contributed by atoms with Crippen LogP contribution >= 0.6 is 0 Å². The topological polar surface area (TPSA) is 46.7 Å². The molecule has 0 amide bonds. The van der Waals surface area contributed by atoms with E-state index in [1.54, 1.807) is 0 Å². The van der Waals surface area contributed by atoms with Gasteiger partial charge < -0.3 is 19.0 Å². The van der Waals surface area contributed by atoms with Crippen molar-refractivity contribution in [3.8, 4) is 39.6 Å². The van der Waals surface area contributed by atoms with Crippen LogP contribution in [-0.2, 0) is 21.7 Å². The van der Waals surface area contributed by atoms with Gasteiger partial charge in [0.25, 0.3) is 0 Å². The lowest BCUT2D eigenvalue weighted by atomic mass is 9.77. The third-order valence-corrected chi connectivity index (χ3v) is 15.2. The van der Waals surface area contributed by atoms with Gasteiger partial charge in [0.15, 0.2) is 0 Å². The summed E-state index contributed by atoms with van der Waals surface area (Å²) in [5.41, 5.74) is 13.3. The minimum Gasteiger partial charge on any atom is -0.457 e. The quantitative estimate of drug-likeness (QED) is 0.159. The molecule has 0 aliphatic carbocycles. The maximum atomic E-state index is 9.50. The van der Waals surface area contributed by atoms with Gasteiger partial charge in [-0.3, -0.25) is 4.57 Å². The maximum Gasteiger partial charge on any atom is 0.145 e. The fraction of sp³-hybridized carbons (Fsp3) is 0.243. The molecule has 3 aromatic heterocycles. The molecule has 0 saturated carbocycles. The summed E-state index contributed by atoms with van der Waals surface area (Å²) < 4.78 is 61.4. The van der Waals surface area contributed by atoms with E-state index >= 15 is 0 Å². The first-order valence-corrected chi connectivity index (χ1v) is 26.5. The van der Waals surface area contributed by atoms with Crippen LogP contribution in [0.1, 0.15) is 112 Å². The monoisotopic (exact) mass is 1000 g/mol. The molecule has 0 saturated heterocycles. The van der Waals surface area contributed by atoms with Gasteiger partial charge in [-0.05, 0) is 134 Å². The average molecular weight is 1000 g/mol. The van der Waals surface area contributed by atoms with Crippen LogP contribution in [0.2, 0.25) is 0 Å². The Hall–Kier alpha value is -8.09. The van der Waals surface area contributed by atoms with Gasteiger partial charge in [0.1, 0.15) is 35.2 Å². The minimum atomic E-state index is -0.427. The summed E-state index contributed by atoms with van der Waals surface area (Å²) in [5.74, 6) is 2.09. The van der Waals surface area contributed by atoms with E-state index < -0.39 is 6.04 Å². The molecule has 0 fully saturated rings. The van der Waals surface area contributed by atoms with Gasteiger partial charge in [-0.2, -0.15) is 0 Å². The first kappa shape index (κ1) is 43.2. The number of hydrogen-bond donors (Lipinski definition) is 0. The van der Waals surface area contributed by atoms with Crippen LogP contribution in [0.5, 0.6) is 11.5 Å². The molecule has 0 unspecified atom stereocenters. The molecule has 1 aliphatic rings. The van der Waals surface area contributed by atoms with Crippen LogP contribution in [0, 0.1) is 0 Å². The number of fused-ring (bicyclic) bond motifs is 8. The molecule has 4 heterocycles. The molecular weight excluding hydrogens is 929 g/mol. The first-order valence-electron chi connectivity index (χ1n) is 29.0. The molecule has 380 valence electrons. The van der Waals surface area contributed by atoms with Gasteiger partial charge in [0, 0.05) is 51.3 Å². The zero-order chi connectivity index (χ0) is 57.4. The number of para-hydroxylation sites is 3. The van der Waals surface area contributed by atoms with Crippen molar-refractivity contribution in [2.24, 2.45) is 0 Å². The highest BCUT2D eigenvalue weighted by molar-refractivity contribution is 6.24. The van der Waals surface area contributed by atoms with Crippen LogP contribution < -0.4 is 14.5 Å². The van der Waals surface area contributed by atoms with Crippen molar-refractivity contribution in [3.05, 3.63) is 204 Å². The van der Waals surface area contributed by atoms with Crippen molar-refractivity contribution >= 4 is 66.5 Å². The molecule has 6 nitrogen and oxygen atoms in total. The van der Waals surface area contributed by atoms with Gasteiger partial charge in [-0.15, -0.1) is 0 Å². The molecule has 0 N–H and O–H groups in total. The van der Waals surface area contributed by atoms with E-state index in [0.29, 0.717) is 23.7 Å². The van der Waals surface area contributed by atoms with Gasteiger partial charge in [0.05, 0.1) is 40.3 Å². The molecule has 0 radical (unpaired) electrons. The lowest BCUT2D eigenvalue weighted by Crippen LogP contribution is -2.25. The van der Waals surface area contributed by atoms with E-state index in [0.717, 1.165) is 89.0 Å². The lowest BCUT2D eigenvalue weighted by molar-refractivity contribution is 0.483. The molecule has 6 heteroatoms. The fourth-order valence-electron chi connectivity index (χ4n) is 10.9. The number of pyridine rings is 1. The molecule has 0 bridgehead atoms. The van der Waals surface area contributed by atoms with Crippen LogP contribution in [-0.4, -0.2) is 16.2 Å². The number of furan rings is 1. The van der Waals surface area contributed by atoms with E-state index in [9.17, 15) is 2.74 Å². The Morgan fingerprint density at radius 2 is 1.12 bits per heavy atom. The number of aromatic nitrogens is 2. The second-order valence-corrected chi connectivity index (χ2v) is 24.7. The largest absolute Gasteiger partial charge is 0.457 e. The third-order valence-electron chi connectivity index (χ3n) is 15.2. The van der Waals surface area contributed by atoms with Crippen LogP contribution in [0.4, 0.5) is 22.7 Å². The molecule has 8 aromatic carbocycles. The summed E-state index contributed by atoms with van der Waals surface area (Å²) in [6.45, 7) is 26.9. The molecule has 0 atom stereocenters. The van der Waals surface area contributed by atoms with E-state index in [1.165, 1.54) is 16.7 Å². The van der Waals surface area contributed by atoms with Gasteiger partial charge >= 0.3 is 0 Å². The third kappa shape index (κ3) is 8.58. The van der Waals surface area contributed by atoms with Crippen molar-refractivity contribution in [3.63, 3.8) is 0 Å². The Morgan fingerprint density at radius 1 is 0.500 bits per heavy atom. The molecule has 12 rings (SSSR count). The average Bonchev–Trinajstić information content (AvgIpc) is 4.27. The van der Waals surface area contributed by atoms with E-state index in [1.807, 2.05) is 54.7 Å². The zero-order valence-electron chi connectivity index (χ0n) is 50.7. The maximum absolute atomic E-state index is 9.50. The summed E-state index contributed by atoms with van der Waals surface area (Å²) in [6, 6.07) is 49.0. The predicted octanol–water partition coefficient (Wildman–Crippen LogP) is 19.6. The molecule has 76 heavy (non-hydrogen) atoms. The number of benzene rings is 8. The number of ether oxygens (including phenoxy) is 1. The fourth-order valence-corrected chi connectivity index (χ4v) is 10.9. The Labute approximate surface area is 455 Å². The SMILES string of the molecule is [2H]c1c([2H])c([2H])c(-c2cc(C(C)(C)C)cc(-c3cc(C(C)(C)C)cc(C(C)(C)C)c3)c2N2CN(c3cccc(Oc4ccc5c6c7oc8ccccc8c7ccc6n(-c6cc(C(C)(C)C)ccn6)c5c4)c3)c3ccccc32)c([2H])c1[2H]. The van der Waals surface area contributed by atoms with Crippen LogP contribution in [0.25, 0.3) is 71.8 Å². The van der Waals surface area contributed by atoms with Crippen molar-refractivity contribution in [1.29, 1.82) is 0 Å². The van der Waals surface area contributed by atoms with Gasteiger partial charge in [-0.25, -0.2) is 4.98 Å². The Kier molecular flexibility index (Phi) is 10.1. The Bertz CT molecular complexity index is 4310. The highest BCUT2D eigenvalue weighted by Crippen LogP contribution is 2.53. The minimum absolute atomic E-state index is 0.103. The zero-order valence-corrected chi connectivity index (χ0v) is 45.7. The van der Waals surface area contributed by atoms with Crippen LogP contribution in [0.3, 0.4) is 0 Å². The second kappa shape index (κ2) is 17.8. The highest BCUT2D eigenvalue weighted by Gasteiger charge is 2.34. The normalized spacial score (nSPS) is 14.3. The molecular formula is C70H68N4O2. The first-order chi connectivity index (χ1) is 38.3. The van der Waals surface area contributed by atoms with E-state index in [2.05, 4.69) is 195 Å². The standard InChI is InChI=1S/C70H68N4O2/c1-67(2,3)46-33-34-71-63(40-46)74-60-32-31-54-53-25-16-19-28-62(53)76-66(54)64(60)55-30-29-52(42-61(55)74)75-51-24-20-23-50(41-51)72-43-73(59-27-18-17-26-58(59)72)65-56(44-21-14-13-15-22-44)38-49(70(10,11)12)39-57(65)45-35-47(68(4,5)6)37-48(36-45)69(7,8)9/h13-42H,43H2,1-12H3/i13D,14D,15D,21D,22D. The Balaban J connectivity index is 1.02. The summed E-state index contributed by atoms with van der Waals surface area (Å²) >= 11 is 0. The summed E-state index contributed by atoms with van der Waals surface area (Å²) in [4.78, 5) is 9.50. The van der Waals surface area contributed by atoms with E-state index in [-0.39, 0.29) is 51.4 Å². The lowest BCUT2D eigenvalue weighted by Gasteiger charge is -2.31. The smallest absolute Gasteiger partial charge is 0.145 e. The van der Waals surface area contributed by atoms with Crippen LogP contribution in [0.15, 0.2) is 186 Å². The molecule has 11 aromatic rings. The summed E-state index contributed by atoms with van der Waals surface area (Å²) in [6.07, 6.45) is 1.89. The highest BCUT2D eigenvalue weighted by atomic mass is 16.5. The van der Waals surface area contributed by atoms with E-state index in [4.69, 9.17) is 18.3 Å². The number of hydrogen-bond acceptors (Lipinski definition) is 5. The van der Waals surface area contributed by atoms with Crippen molar-refractivity contribution in [1.82, 2.24) is 9.55 Å². The van der Waals surface area contributed by atoms with Gasteiger partial charge in [0.2, 0.25) is 0 Å². The predicted molar refractivity (Wildman–Crippen MR) is 320 cm³/mol. The Morgan fingerprint density at radius 3 is 1.82 bits per heavy atom.